The molecule has 0 aliphatic rings. The van der Waals surface area contributed by atoms with E-state index in [0.717, 1.165) is 12.1 Å². The van der Waals surface area contributed by atoms with Gasteiger partial charge in [0, 0.05) is 6.61 Å². The molecule has 0 atom stereocenters. The molecule has 1 nitrogen and oxygen atoms in total. The van der Waals surface area contributed by atoms with Crippen LogP contribution >= 0.6 is 11.6 Å². The number of hydrogen-bond acceptors (Lipinski definition) is 1. The van der Waals surface area contributed by atoms with E-state index in [0.29, 0.717) is 0 Å². The third-order valence-corrected chi connectivity index (χ3v) is 1.76. The summed E-state index contributed by atoms with van der Waals surface area (Å²) in [5, 5.41) is 8.24. The molecule has 1 rings (SSSR count). The summed E-state index contributed by atoms with van der Waals surface area (Å²) in [6.45, 7) is -0.210. The molecule has 1 aromatic carbocycles. The Balaban J connectivity index is 3.05. The van der Waals surface area contributed by atoms with Crippen LogP contribution in [0.25, 0.3) is 0 Å². The van der Waals surface area contributed by atoms with Crippen molar-refractivity contribution in [1.82, 2.24) is 0 Å². The highest BCUT2D eigenvalue weighted by molar-refractivity contribution is 6.30. The first-order valence-corrected chi connectivity index (χ1v) is 3.77. The van der Waals surface area contributed by atoms with Gasteiger partial charge >= 0.3 is 0 Å². The topological polar surface area (TPSA) is 20.2 Å². The quantitative estimate of drug-likeness (QED) is 0.712. The fourth-order valence-corrected chi connectivity index (χ4v) is 1.03. The van der Waals surface area contributed by atoms with E-state index in [4.69, 9.17) is 16.7 Å². The smallest absolute Gasteiger partial charge is 0.142 e. The maximum absolute atomic E-state index is 12.9. The van der Waals surface area contributed by atoms with Gasteiger partial charge in [-0.25, -0.2) is 8.78 Å². The van der Waals surface area contributed by atoms with Gasteiger partial charge in [-0.3, -0.25) is 0 Å². The van der Waals surface area contributed by atoms with Gasteiger partial charge in [0.25, 0.3) is 0 Å². The van der Waals surface area contributed by atoms with Gasteiger partial charge in [-0.05, 0) is 24.1 Å². The third kappa shape index (κ3) is 1.93. The Morgan fingerprint density at radius 2 is 1.92 bits per heavy atom. The average molecular weight is 193 g/mol. The highest BCUT2D eigenvalue weighted by Gasteiger charge is 2.07. The fraction of sp³-hybridized carbons (Fsp3) is 0.250. The molecule has 0 saturated carbocycles. The molecule has 0 saturated heterocycles. The normalized spacial score (nSPS) is 10.3. The van der Waals surface area contributed by atoms with Crippen molar-refractivity contribution >= 4 is 11.6 Å². The lowest BCUT2D eigenvalue weighted by Gasteiger charge is -2.01. The lowest BCUT2D eigenvalue weighted by Crippen LogP contribution is -1.96. The molecule has 66 valence electrons. The molecule has 0 amide bonds. The van der Waals surface area contributed by atoms with Gasteiger partial charge in [0.2, 0.25) is 0 Å². The van der Waals surface area contributed by atoms with Crippen LogP contribution < -0.4 is 0 Å². The highest BCUT2D eigenvalue weighted by Crippen LogP contribution is 2.19. The minimum atomic E-state index is -0.665. The summed E-state index contributed by atoms with van der Waals surface area (Å²) >= 11 is 5.31. The Bertz CT molecular complexity index is 289. The van der Waals surface area contributed by atoms with Crippen molar-refractivity contribution < 1.29 is 13.9 Å². The van der Waals surface area contributed by atoms with Gasteiger partial charge in [-0.2, -0.15) is 0 Å². The largest absolute Gasteiger partial charge is 0.396 e. The molecule has 0 fully saturated rings. The van der Waals surface area contributed by atoms with Crippen LogP contribution in [0, 0.1) is 11.6 Å². The number of rotatable bonds is 2. The summed E-state index contributed by atoms with van der Waals surface area (Å²) in [5.41, 5.74) is 0.138. The minimum absolute atomic E-state index is 0.0971. The van der Waals surface area contributed by atoms with Crippen molar-refractivity contribution in [2.75, 3.05) is 6.61 Å². The van der Waals surface area contributed by atoms with Crippen LogP contribution in [0.15, 0.2) is 12.1 Å². The van der Waals surface area contributed by atoms with Crippen LogP contribution in [-0.4, -0.2) is 11.7 Å². The average Bonchev–Trinajstić information content (AvgIpc) is 2.01. The van der Waals surface area contributed by atoms with E-state index in [1.165, 1.54) is 0 Å². The van der Waals surface area contributed by atoms with Gasteiger partial charge in [-0.15, -0.1) is 0 Å². The standard InChI is InChI=1S/C8H7ClF2O/c9-6-4-7(10)5(1-2-12)3-8(6)11/h3-4,12H,1-2H2. The number of aliphatic hydroxyl groups excluding tert-OH is 1. The van der Waals surface area contributed by atoms with Crippen molar-refractivity contribution in [3.8, 4) is 0 Å². The molecule has 1 aromatic rings. The van der Waals surface area contributed by atoms with Crippen molar-refractivity contribution in [3.63, 3.8) is 0 Å². The van der Waals surface area contributed by atoms with Crippen LogP contribution in [0.3, 0.4) is 0 Å². The Labute approximate surface area is 73.6 Å². The first-order chi connectivity index (χ1) is 5.65. The van der Waals surface area contributed by atoms with Crippen LogP contribution in [0.2, 0.25) is 5.02 Å². The van der Waals surface area contributed by atoms with E-state index in [1.54, 1.807) is 0 Å². The molecule has 0 radical (unpaired) electrons. The maximum Gasteiger partial charge on any atom is 0.142 e. The van der Waals surface area contributed by atoms with Crippen molar-refractivity contribution in [2.24, 2.45) is 0 Å². The highest BCUT2D eigenvalue weighted by atomic mass is 35.5. The van der Waals surface area contributed by atoms with E-state index in [2.05, 4.69) is 0 Å². The molecule has 0 aliphatic carbocycles. The summed E-state index contributed by atoms with van der Waals surface area (Å²) in [6, 6.07) is 1.90. The fourth-order valence-electron chi connectivity index (χ4n) is 0.876. The first-order valence-electron chi connectivity index (χ1n) is 3.39. The zero-order chi connectivity index (χ0) is 9.14. The molecule has 4 heteroatoms. The van der Waals surface area contributed by atoms with E-state index in [1.807, 2.05) is 0 Å². The monoisotopic (exact) mass is 192 g/mol. The second-order valence-electron chi connectivity index (χ2n) is 2.33. The summed E-state index contributed by atoms with van der Waals surface area (Å²) in [6.07, 6.45) is 0.0971. The lowest BCUT2D eigenvalue weighted by molar-refractivity contribution is 0.297. The molecule has 1 N–H and O–H groups in total. The van der Waals surface area contributed by atoms with Gasteiger partial charge in [0.05, 0.1) is 5.02 Å². The second kappa shape index (κ2) is 3.83. The van der Waals surface area contributed by atoms with E-state index >= 15 is 0 Å². The van der Waals surface area contributed by atoms with Gasteiger partial charge < -0.3 is 5.11 Å². The molecule has 0 heterocycles. The zero-order valence-corrected chi connectivity index (χ0v) is 6.91. The Kier molecular flexibility index (Phi) is 3.00. The van der Waals surface area contributed by atoms with E-state index in [-0.39, 0.29) is 23.6 Å². The molecule has 0 unspecified atom stereocenters. The number of hydrogen-bond donors (Lipinski definition) is 1. The van der Waals surface area contributed by atoms with Crippen LogP contribution in [0.1, 0.15) is 5.56 Å². The molecule has 0 spiro atoms. The second-order valence-corrected chi connectivity index (χ2v) is 2.74. The summed E-state index contributed by atoms with van der Waals surface area (Å²) in [7, 11) is 0. The van der Waals surface area contributed by atoms with Gasteiger partial charge in [0.1, 0.15) is 11.6 Å². The predicted molar refractivity (Wildman–Crippen MR) is 42.2 cm³/mol. The molecular formula is C8H7ClF2O. The van der Waals surface area contributed by atoms with Crippen molar-refractivity contribution in [2.45, 2.75) is 6.42 Å². The molecule has 12 heavy (non-hydrogen) atoms. The van der Waals surface area contributed by atoms with Crippen LogP contribution in [0.5, 0.6) is 0 Å². The number of aliphatic hydroxyl groups is 1. The number of halogens is 3. The van der Waals surface area contributed by atoms with Gasteiger partial charge in [0.15, 0.2) is 0 Å². The summed E-state index contributed by atoms with van der Waals surface area (Å²) in [5.74, 6) is -1.25. The molecule has 0 bridgehead atoms. The first kappa shape index (κ1) is 9.42. The summed E-state index contributed by atoms with van der Waals surface area (Å²) in [4.78, 5) is 0. The van der Waals surface area contributed by atoms with Crippen LogP contribution in [-0.2, 0) is 6.42 Å². The molecular weight excluding hydrogens is 186 g/mol. The minimum Gasteiger partial charge on any atom is -0.396 e. The third-order valence-electron chi connectivity index (χ3n) is 1.47. The maximum atomic E-state index is 12.9. The SMILES string of the molecule is OCCc1cc(F)c(Cl)cc1F. The predicted octanol–water partition coefficient (Wildman–Crippen LogP) is 2.15. The van der Waals surface area contributed by atoms with Crippen molar-refractivity contribution in [3.05, 3.63) is 34.4 Å². The Morgan fingerprint density at radius 1 is 1.25 bits per heavy atom. The Hall–Kier alpha value is -0.670. The number of benzene rings is 1. The van der Waals surface area contributed by atoms with Crippen molar-refractivity contribution in [1.29, 1.82) is 0 Å². The Morgan fingerprint density at radius 3 is 2.50 bits per heavy atom. The zero-order valence-electron chi connectivity index (χ0n) is 6.15. The molecule has 0 aliphatic heterocycles. The van der Waals surface area contributed by atoms with E-state index in [9.17, 15) is 8.78 Å². The summed E-state index contributed by atoms with van der Waals surface area (Å²) < 4.78 is 25.6. The lowest BCUT2D eigenvalue weighted by atomic mass is 10.1. The van der Waals surface area contributed by atoms with E-state index < -0.39 is 11.6 Å². The molecule has 0 aromatic heterocycles. The van der Waals surface area contributed by atoms with Gasteiger partial charge in [-0.1, -0.05) is 11.6 Å². The van der Waals surface area contributed by atoms with Crippen LogP contribution in [0.4, 0.5) is 8.78 Å².